The average molecular weight is 250 g/mol. The third-order valence-corrected chi connectivity index (χ3v) is 3.16. The highest BCUT2D eigenvalue weighted by molar-refractivity contribution is 8.13. The van der Waals surface area contributed by atoms with Crippen LogP contribution in [0.4, 0.5) is 0 Å². The molecule has 0 aliphatic rings. The van der Waals surface area contributed by atoms with Crippen molar-refractivity contribution in [1.29, 1.82) is 0 Å². The molecule has 92 valence electrons. The Morgan fingerprint density at radius 3 is 2.41 bits per heavy atom. The molecule has 0 heterocycles. The predicted octanol–water partition coefficient (Wildman–Crippen LogP) is 3.57. The van der Waals surface area contributed by atoms with E-state index in [1.807, 2.05) is 44.2 Å². The highest BCUT2D eigenvalue weighted by Gasteiger charge is 2.08. The van der Waals surface area contributed by atoms with Gasteiger partial charge in [0.1, 0.15) is 0 Å². The topological polar surface area (TPSA) is 34.1 Å². The Morgan fingerprint density at radius 1 is 1.18 bits per heavy atom. The molecule has 0 saturated carbocycles. The van der Waals surface area contributed by atoms with Gasteiger partial charge in [-0.25, -0.2) is 0 Å². The standard InChI is InChI=1S/C14H18O2S/c1-11(2)10-14(16)17-9-8-13(15)12-6-4-3-5-7-12/h3-7,11H,8-10H2,1-2H3. The second-order valence-corrected chi connectivity index (χ2v) is 5.51. The third-order valence-electron chi connectivity index (χ3n) is 2.26. The molecule has 0 fully saturated rings. The SMILES string of the molecule is CC(C)CC(=O)SCCC(=O)c1ccccc1. The summed E-state index contributed by atoms with van der Waals surface area (Å²) in [6, 6.07) is 9.21. The van der Waals surface area contributed by atoms with E-state index in [4.69, 9.17) is 0 Å². The van der Waals surface area contributed by atoms with E-state index < -0.39 is 0 Å². The van der Waals surface area contributed by atoms with Crippen LogP contribution in [-0.2, 0) is 4.79 Å². The van der Waals surface area contributed by atoms with Crippen LogP contribution < -0.4 is 0 Å². The van der Waals surface area contributed by atoms with E-state index in [0.717, 1.165) is 5.56 Å². The summed E-state index contributed by atoms with van der Waals surface area (Å²) in [5, 5.41) is 0.181. The number of carbonyl (C=O) groups is 2. The molecule has 17 heavy (non-hydrogen) atoms. The maximum absolute atomic E-state index is 11.7. The van der Waals surface area contributed by atoms with Gasteiger partial charge in [-0.1, -0.05) is 55.9 Å². The second kappa shape index (κ2) is 7.28. The van der Waals surface area contributed by atoms with Gasteiger partial charge in [0.05, 0.1) is 0 Å². The quantitative estimate of drug-likeness (QED) is 0.724. The fourth-order valence-corrected chi connectivity index (χ4v) is 2.38. The Kier molecular flexibility index (Phi) is 5.98. The lowest BCUT2D eigenvalue weighted by molar-refractivity contribution is -0.111. The number of hydrogen-bond acceptors (Lipinski definition) is 3. The molecule has 1 rings (SSSR count). The molecule has 1 aromatic rings. The maximum atomic E-state index is 11.7. The average Bonchev–Trinajstić information content (AvgIpc) is 2.29. The number of carbonyl (C=O) groups excluding carboxylic acids is 2. The zero-order chi connectivity index (χ0) is 12.7. The zero-order valence-electron chi connectivity index (χ0n) is 10.3. The summed E-state index contributed by atoms with van der Waals surface area (Å²) in [5.41, 5.74) is 0.726. The van der Waals surface area contributed by atoms with Gasteiger partial charge in [-0.2, -0.15) is 0 Å². The molecule has 0 unspecified atom stereocenters. The molecular formula is C14H18O2S. The van der Waals surface area contributed by atoms with Crippen LogP contribution in [-0.4, -0.2) is 16.7 Å². The monoisotopic (exact) mass is 250 g/mol. The molecular weight excluding hydrogens is 232 g/mol. The van der Waals surface area contributed by atoms with Crippen LogP contribution in [0.5, 0.6) is 0 Å². The Labute approximate surface area is 107 Å². The minimum absolute atomic E-state index is 0.107. The summed E-state index contributed by atoms with van der Waals surface area (Å²) in [7, 11) is 0. The Bertz CT molecular complexity index is 371. The third kappa shape index (κ3) is 5.68. The summed E-state index contributed by atoms with van der Waals surface area (Å²) in [4.78, 5) is 23.1. The first-order chi connectivity index (χ1) is 8.09. The molecule has 1 aromatic carbocycles. The smallest absolute Gasteiger partial charge is 0.189 e. The van der Waals surface area contributed by atoms with E-state index >= 15 is 0 Å². The highest BCUT2D eigenvalue weighted by atomic mass is 32.2. The van der Waals surface area contributed by atoms with E-state index in [1.54, 1.807) is 0 Å². The van der Waals surface area contributed by atoms with Crippen molar-refractivity contribution in [3.63, 3.8) is 0 Å². The Balaban J connectivity index is 2.28. The predicted molar refractivity (Wildman–Crippen MR) is 72.3 cm³/mol. The van der Waals surface area contributed by atoms with Crippen LogP contribution in [0.15, 0.2) is 30.3 Å². The summed E-state index contributed by atoms with van der Waals surface area (Å²) in [6.07, 6.45) is 1.02. The largest absolute Gasteiger partial charge is 0.294 e. The fourth-order valence-electron chi connectivity index (χ4n) is 1.42. The van der Waals surface area contributed by atoms with Gasteiger partial charge >= 0.3 is 0 Å². The number of ketones is 1. The molecule has 0 saturated heterocycles. The van der Waals surface area contributed by atoms with Crippen LogP contribution in [0.3, 0.4) is 0 Å². The molecule has 0 aliphatic carbocycles. The molecule has 0 amide bonds. The maximum Gasteiger partial charge on any atom is 0.189 e. The number of rotatable bonds is 6. The second-order valence-electron chi connectivity index (χ2n) is 4.36. The Morgan fingerprint density at radius 2 is 1.82 bits per heavy atom. The molecule has 0 N–H and O–H groups in total. The van der Waals surface area contributed by atoms with Gasteiger partial charge in [0.2, 0.25) is 0 Å². The summed E-state index contributed by atoms with van der Waals surface area (Å²) < 4.78 is 0. The molecule has 0 aliphatic heterocycles. The van der Waals surface area contributed by atoms with Gasteiger partial charge in [-0.05, 0) is 5.92 Å². The van der Waals surface area contributed by atoms with Crippen LogP contribution in [0, 0.1) is 5.92 Å². The van der Waals surface area contributed by atoms with E-state index in [9.17, 15) is 9.59 Å². The van der Waals surface area contributed by atoms with Crippen molar-refractivity contribution in [1.82, 2.24) is 0 Å². The summed E-state index contributed by atoms with van der Waals surface area (Å²) >= 11 is 1.27. The van der Waals surface area contributed by atoms with Crippen molar-refractivity contribution in [2.24, 2.45) is 5.92 Å². The van der Waals surface area contributed by atoms with Crippen LogP contribution in [0.25, 0.3) is 0 Å². The van der Waals surface area contributed by atoms with Gasteiger partial charge < -0.3 is 0 Å². The zero-order valence-corrected chi connectivity index (χ0v) is 11.1. The molecule has 2 nitrogen and oxygen atoms in total. The lowest BCUT2D eigenvalue weighted by Crippen LogP contribution is -2.03. The summed E-state index contributed by atoms with van der Waals surface area (Å²) in [6.45, 7) is 4.04. The highest BCUT2D eigenvalue weighted by Crippen LogP contribution is 2.13. The minimum Gasteiger partial charge on any atom is -0.294 e. The van der Waals surface area contributed by atoms with Gasteiger partial charge in [0.15, 0.2) is 10.9 Å². The van der Waals surface area contributed by atoms with E-state index in [2.05, 4.69) is 0 Å². The van der Waals surface area contributed by atoms with Crippen molar-refractivity contribution >= 4 is 22.7 Å². The molecule has 0 bridgehead atoms. The number of hydrogen-bond donors (Lipinski definition) is 0. The molecule has 3 heteroatoms. The van der Waals surface area contributed by atoms with Crippen molar-refractivity contribution in [3.05, 3.63) is 35.9 Å². The first-order valence-corrected chi connectivity index (χ1v) is 6.82. The van der Waals surface area contributed by atoms with Gasteiger partial charge in [0.25, 0.3) is 0 Å². The lowest BCUT2D eigenvalue weighted by Gasteiger charge is -2.03. The van der Waals surface area contributed by atoms with Crippen LogP contribution >= 0.6 is 11.8 Å². The van der Waals surface area contributed by atoms with Crippen LogP contribution in [0.1, 0.15) is 37.0 Å². The normalized spacial score (nSPS) is 10.5. The number of benzene rings is 1. The number of Topliss-reactive ketones (excluding diaryl/α,β-unsaturated/α-hetero) is 1. The van der Waals surface area contributed by atoms with Crippen molar-refractivity contribution in [2.75, 3.05) is 5.75 Å². The van der Waals surface area contributed by atoms with Gasteiger partial charge in [-0.3, -0.25) is 9.59 Å². The van der Waals surface area contributed by atoms with E-state index in [-0.39, 0.29) is 10.9 Å². The molecule has 0 atom stereocenters. The fraction of sp³-hybridized carbons (Fsp3) is 0.429. The van der Waals surface area contributed by atoms with Crippen LogP contribution in [0.2, 0.25) is 0 Å². The van der Waals surface area contributed by atoms with Gasteiger partial charge in [-0.15, -0.1) is 0 Å². The van der Waals surface area contributed by atoms with E-state index in [1.165, 1.54) is 11.8 Å². The summed E-state index contributed by atoms with van der Waals surface area (Å²) in [5.74, 6) is 1.08. The number of thioether (sulfide) groups is 1. The van der Waals surface area contributed by atoms with Gasteiger partial charge in [0, 0.05) is 24.2 Å². The minimum atomic E-state index is 0.107. The van der Waals surface area contributed by atoms with Crippen molar-refractivity contribution in [2.45, 2.75) is 26.7 Å². The van der Waals surface area contributed by atoms with Crippen molar-refractivity contribution < 1.29 is 9.59 Å². The molecule has 0 radical (unpaired) electrons. The lowest BCUT2D eigenvalue weighted by atomic mass is 10.1. The Hall–Kier alpha value is -1.09. The molecule has 0 spiro atoms. The molecule has 0 aromatic heterocycles. The first kappa shape index (κ1) is 14.0. The van der Waals surface area contributed by atoms with E-state index in [0.29, 0.717) is 24.5 Å². The first-order valence-electron chi connectivity index (χ1n) is 5.83. The van der Waals surface area contributed by atoms with Crippen molar-refractivity contribution in [3.8, 4) is 0 Å².